The Bertz CT molecular complexity index is 701. The highest BCUT2D eigenvalue weighted by atomic mass is 16.6. The SMILES string of the molecule is O=C(O)C1Oc2ccccc2CC1OCCCCCOc1ccccc1. The number of aliphatic carboxylic acids is 1. The molecule has 26 heavy (non-hydrogen) atoms. The van der Waals surface area contributed by atoms with Gasteiger partial charge in [0.15, 0.2) is 0 Å². The third-order valence-electron chi connectivity index (χ3n) is 4.36. The molecule has 0 saturated heterocycles. The minimum absolute atomic E-state index is 0.456. The topological polar surface area (TPSA) is 65.0 Å². The monoisotopic (exact) mass is 356 g/mol. The Labute approximate surface area is 153 Å². The molecule has 0 aliphatic carbocycles. The quantitative estimate of drug-likeness (QED) is 0.694. The maximum absolute atomic E-state index is 11.5. The van der Waals surface area contributed by atoms with Crippen LogP contribution in [0.3, 0.4) is 0 Å². The lowest BCUT2D eigenvalue weighted by molar-refractivity contribution is -0.154. The number of fused-ring (bicyclic) bond motifs is 1. The number of carboxylic acids is 1. The van der Waals surface area contributed by atoms with E-state index in [1.807, 2.05) is 48.5 Å². The summed E-state index contributed by atoms with van der Waals surface area (Å²) in [6.07, 6.45) is 1.92. The summed E-state index contributed by atoms with van der Waals surface area (Å²) >= 11 is 0. The van der Waals surface area contributed by atoms with Crippen molar-refractivity contribution in [3.05, 3.63) is 60.2 Å². The summed E-state index contributed by atoms with van der Waals surface area (Å²) in [5.41, 5.74) is 0.992. The van der Waals surface area contributed by atoms with Crippen molar-refractivity contribution < 1.29 is 24.1 Å². The van der Waals surface area contributed by atoms with Gasteiger partial charge in [0, 0.05) is 13.0 Å². The zero-order chi connectivity index (χ0) is 18.2. The Morgan fingerprint density at radius 3 is 2.54 bits per heavy atom. The second-order valence-electron chi connectivity index (χ2n) is 6.32. The molecule has 1 aliphatic heterocycles. The highest BCUT2D eigenvalue weighted by Crippen LogP contribution is 2.29. The van der Waals surface area contributed by atoms with E-state index < -0.39 is 18.2 Å². The van der Waals surface area contributed by atoms with Crippen LogP contribution < -0.4 is 9.47 Å². The fourth-order valence-corrected chi connectivity index (χ4v) is 3.00. The van der Waals surface area contributed by atoms with Crippen molar-refractivity contribution in [2.24, 2.45) is 0 Å². The van der Waals surface area contributed by atoms with Crippen molar-refractivity contribution in [1.82, 2.24) is 0 Å². The van der Waals surface area contributed by atoms with Gasteiger partial charge in [-0.05, 0) is 43.0 Å². The third kappa shape index (κ3) is 4.99. The Hall–Kier alpha value is -2.53. The van der Waals surface area contributed by atoms with E-state index in [4.69, 9.17) is 14.2 Å². The molecule has 5 heteroatoms. The van der Waals surface area contributed by atoms with Crippen molar-refractivity contribution >= 4 is 5.97 Å². The largest absolute Gasteiger partial charge is 0.494 e. The molecule has 0 radical (unpaired) electrons. The van der Waals surface area contributed by atoms with Crippen LogP contribution in [0.4, 0.5) is 0 Å². The van der Waals surface area contributed by atoms with E-state index in [-0.39, 0.29) is 0 Å². The summed E-state index contributed by atoms with van der Waals surface area (Å²) < 4.78 is 17.1. The predicted octanol–water partition coefficient (Wildman–Crippen LogP) is 3.71. The van der Waals surface area contributed by atoms with Gasteiger partial charge < -0.3 is 19.3 Å². The van der Waals surface area contributed by atoms with Gasteiger partial charge in [-0.3, -0.25) is 0 Å². The Morgan fingerprint density at radius 1 is 1.00 bits per heavy atom. The van der Waals surface area contributed by atoms with E-state index in [9.17, 15) is 9.90 Å². The number of unbranched alkanes of at least 4 members (excludes halogenated alkanes) is 2. The minimum atomic E-state index is -0.985. The van der Waals surface area contributed by atoms with Crippen LogP contribution in [0.1, 0.15) is 24.8 Å². The van der Waals surface area contributed by atoms with Crippen LogP contribution in [0.25, 0.3) is 0 Å². The molecule has 0 saturated carbocycles. The number of para-hydroxylation sites is 2. The van der Waals surface area contributed by atoms with Crippen LogP contribution in [0.15, 0.2) is 54.6 Å². The highest BCUT2D eigenvalue weighted by molar-refractivity contribution is 5.74. The van der Waals surface area contributed by atoms with Crippen LogP contribution in [-0.4, -0.2) is 36.5 Å². The first-order chi connectivity index (χ1) is 12.7. The standard InChI is InChI=1S/C21H24O5/c22-21(23)20-19(15-16-9-5-6-12-18(16)26-20)25-14-8-2-7-13-24-17-10-3-1-4-11-17/h1,3-6,9-12,19-20H,2,7-8,13-15H2,(H,22,23). The van der Waals surface area contributed by atoms with Crippen molar-refractivity contribution in [2.75, 3.05) is 13.2 Å². The van der Waals surface area contributed by atoms with Gasteiger partial charge in [-0.2, -0.15) is 0 Å². The summed E-state index contributed by atoms with van der Waals surface area (Å²) in [5.74, 6) is 0.532. The van der Waals surface area contributed by atoms with Crippen LogP contribution in [-0.2, 0) is 16.0 Å². The number of carbonyl (C=O) groups is 1. The van der Waals surface area contributed by atoms with E-state index in [0.29, 0.717) is 25.4 Å². The average molecular weight is 356 g/mol. The van der Waals surface area contributed by atoms with Crippen molar-refractivity contribution in [3.8, 4) is 11.5 Å². The van der Waals surface area contributed by atoms with Crippen LogP contribution in [0.5, 0.6) is 11.5 Å². The molecular formula is C21H24O5. The summed E-state index contributed by atoms with van der Waals surface area (Å²) in [5, 5.41) is 9.39. The molecule has 138 valence electrons. The van der Waals surface area contributed by atoms with Crippen molar-refractivity contribution in [3.63, 3.8) is 0 Å². The summed E-state index contributed by atoms with van der Waals surface area (Å²) in [6.45, 7) is 1.19. The number of ether oxygens (including phenoxy) is 3. The zero-order valence-electron chi connectivity index (χ0n) is 14.7. The summed E-state index contributed by atoms with van der Waals surface area (Å²) in [6, 6.07) is 17.3. The zero-order valence-corrected chi connectivity index (χ0v) is 14.7. The predicted molar refractivity (Wildman–Crippen MR) is 97.7 cm³/mol. The Kier molecular flexibility index (Phi) is 6.50. The van der Waals surface area contributed by atoms with Gasteiger partial charge in [-0.1, -0.05) is 36.4 Å². The molecule has 1 aliphatic rings. The van der Waals surface area contributed by atoms with E-state index in [1.54, 1.807) is 6.07 Å². The van der Waals surface area contributed by atoms with E-state index in [0.717, 1.165) is 30.6 Å². The second-order valence-corrected chi connectivity index (χ2v) is 6.32. The molecule has 2 unspecified atom stereocenters. The molecule has 0 bridgehead atoms. The van der Waals surface area contributed by atoms with E-state index in [2.05, 4.69) is 0 Å². The first-order valence-electron chi connectivity index (χ1n) is 9.01. The molecule has 1 N–H and O–H groups in total. The molecule has 0 fully saturated rings. The maximum Gasteiger partial charge on any atom is 0.347 e. The fraction of sp³-hybridized carbons (Fsp3) is 0.381. The lowest BCUT2D eigenvalue weighted by atomic mass is 9.99. The van der Waals surface area contributed by atoms with Gasteiger partial charge in [0.05, 0.1) is 6.61 Å². The van der Waals surface area contributed by atoms with Gasteiger partial charge >= 0.3 is 5.97 Å². The lowest BCUT2D eigenvalue weighted by Gasteiger charge is -2.31. The Balaban J connectivity index is 1.37. The van der Waals surface area contributed by atoms with Gasteiger partial charge in [-0.15, -0.1) is 0 Å². The Morgan fingerprint density at radius 2 is 1.73 bits per heavy atom. The molecule has 2 aromatic carbocycles. The molecule has 3 rings (SSSR count). The summed E-state index contributed by atoms with van der Waals surface area (Å²) in [7, 11) is 0. The van der Waals surface area contributed by atoms with Crippen molar-refractivity contribution in [1.29, 1.82) is 0 Å². The average Bonchev–Trinajstić information content (AvgIpc) is 2.67. The van der Waals surface area contributed by atoms with Crippen LogP contribution in [0, 0.1) is 0 Å². The number of rotatable bonds is 9. The highest BCUT2D eigenvalue weighted by Gasteiger charge is 2.35. The van der Waals surface area contributed by atoms with E-state index >= 15 is 0 Å². The fourth-order valence-electron chi connectivity index (χ4n) is 3.00. The van der Waals surface area contributed by atoms with E-state index in [1.165, 1.54) is 0 Å². The summed E-state index contributed by atoms with van der Waals surface area (Å²) in [4.78, 5) is 11.5. The van der Waals surface area contributed by atoms with Gasteiger partial charge in [0.2, 0.25) is 6.10 Å². The molecular weight excluding hydrogens is 332 g/mol. The number of benzene rings is 2. The normalized spacial score (nSPS) is 18.6. The molecule has 0 spiro atoms. The molecule has 1 heterocycles. The first kappa shape index (κ1) is 18.3. The van der Waals surface area contributed by atoms with Crippen LogP contribution in [0.2, 0.25) is 0 Å². The molecule has 0 amide bonds. The number of hydrogen-bond acceptors (Lipinski definition) is 4. The second kappa shape index (κ2) is 9.25. The van der Waals surface area contributed by atoms with Crippen LogP contribution >= 0.6 is 0 Å². The van der Waals surface area contributed by atoms with Gasteiger partial charge in [0.1, 0.15) is 17.6 Å². The van der Waals surface area contributed by atoms with Crippen molar-refractivity contribution in [2.45, 2.75) is 37.9 Å². The smallest absolute Gasteiger partial charge is 0.347 e. The minimum Gasteiger partial charge on any atom is -0.494 e. The third-order valence-corrected chi connectivity index (χ3v) is 4.36. The lowest BCUT2D eigenvalue weighted by Crippen LogP contribution is -2.45. The maximum atomic E-state index is 11.5. The first-order valence-corrected chi connectivity index (χ1v) is 9.01. The molecule has 2 atom stereocenters. The molecule has 5 nitrogen and oxygen atoms in total. The van der Waals surface area contributed by atoms with Gasteiger partial charge in [0.25, 0.3) is 0 Å². The molecule has 2 aromatic rings. The molecule has 0 aromatic heterocycles. The number of hydrogen-bond donors (Lipinski definition) is 1. The van der Waals surface area contributed by atoms with Gasteiger partial charge in [-0.25, -0.2) is 4.79 Å². The number of carboxylic acid groups (broad SMARTS) is 1.